The Morgan fingerprint density at radius 1 is 1.00 bits per heavy atom. The van der Waals surface area contributed by atoms with Crippen LogP contribution in [0, 0.1) is 5.41 Å². The van der Waals surface area contributed by atoms with Crippen molar-refractivity contribution in [2.24, 2.45) is 5.41 Å². The zero-order chi connectivity index (χ0) is 24.8. The molecule has 2 aromatic carbocycles. The van der Waals surface area contributed by atoms with Crippen molar-refractivity contribution >= 4 is 52.5 Å². The molecule has 0 spiro atoms. The molecule has 0 aliphatic carbocycles. The van der Waals surface area contributed by atoms with E-state index in [9.17, 15) is 14.4 Å². The van der Waals surface area contributed by atoms with E-state index in [0.717, 1.165) is 0 Å². The smallest absolute Gasteiger partial charge is 0.404 e. The molecule has 4 N–H and O–H groups in total. The summed E-state index contributed by atoms with van der Waals surface area (Å²) < 4.78 is 5.45. The van der Waals surface area contributed by atoms with Crippen LogP contribution in [-0.2, 0) is 4.79 Å². The van der Waals surface area contributed by atoms with Gasteiger partial charge in [0.25, 0.3) is 5.91 Å². The van der Waals surface area contributed by atoms with Crippen LogP contribution >= 0.6 is 23.2 Å². The highest BCUT2D eigenvalue weighted by Gasteiger charge is 2.30. The number of hydrogen-bond acceptors (Lipinski definition) is 4. The van der Waals surface area contributed by atoms with Crippen LogP contribution in [0.3, 0.4) is 0 Å². The van der Waals surface area contributed by atoms with Crippen LogP contribution in [-0.4, -0.2) is 36.8 Å². The number of amides is 4. The standard InChI is InChI=1S/C23H25Cl2N3O5/c1-23(2,3)19(16-11-14(25)7-10-18(16)33-4)17(12-26-22(31)32)20(29)28-21(30)27-15-8-5-13(24)6-9-15/h5-11,26H,12H2,1-4H3,(H,31,32)(H2,27,28,29,30)/b19-17+. The Bertz CT molecular complexity index is 1080. The number of ether oxygens (including phenoxy) is 1. The number of anilines is 1. The lowest BCUT2D eigenvalue weighted by Gasteiger charge is -2.28. The van der Waals surface area contributed by atoms with Crippen LogP contribution in [0.15, 0.2) is 48.0 Å². The number of carbonyl (C=O) groups excluding carboxylic acids is 2. The molecule has 0 aliphatic rings. The third-order valence-electron chi connectivity index (χ3n) is 4.50. The van der Waals surface area contributed by atoms with Crippen LogP contribution in [0.4, 0.5) is 15.3 Å². The van der Waals surface area contributed by atoms with E-state index in [4.69, 9.17) is 33.0 Å². The molecule has 0 unspecified atom stereocenters. The van der Waals surface area contributed by atoms with Gasteiger partial charge in [0.15, 0.2) is 0 Å². The fraction of sp³-hybridized carbons (Fsp3) is 0.261. The van der Waals surface area contributed by atoms with Crippen molar-refractivity contribution in [2.45, 2.75) is 20.8 Å². The average molecular weight is 494 g/mol. The van der Waals surface area contributed by atoms with E-state index in [1.54, 1.807) is 42.5 Å². The second-order valence-corrected chi connectivity index (χ2v) is 8.89. The molecule has 176 valence electrons. The van der Waals surface area contributed by atoms with E-state index < -0.39 is 23.4 Å². The van der Waals surface area contributed by atoms with E-state index in [-0.39, 0.29) is 12.1 Å². The quantitative estimate of drug-likeness (QED) is 0.401. The molecule has 33 heavy (non-hydrogen) atoms. The van der Waals surface area contributed by atoms with Gasteiger partial charge in [-0.2, -0.15) is 0 Å². The molecule has 0 fully saturated rings. The van der Waals surface area contributed by atoms with Crippen molar-refractivity contribution in [1.29, 1.82) is 0 Å². The summed E-state index contributed by atoms with van der Waals surface area (Å²) in [7, 11) is 1.47. The molecule has 0 aromatic heterocycles. The first-order valence-electron chi connectivity index (χ1n) is 9.84. The Hall–Kier alpha value is -3.23. The highest BCUT2D eigenvalue weighted by Crippen LogP contribution is 2.41. The predicted octanol–water partition coefficient (Wildman–Crippen LogP) is 5.42. The Labute approximate surface area is 201 Å². The lowest BCUT2D eigenvalue weighted by Crippen LogP contribution is -2.39. The SMILES string of the molecule is COc1ccc(Cl)cc1/C(=C(/CNC(=O)O)C(=O)NC(=O)Nc1ccc(Cl)cc1)C(C)(C)C. The minimum atomic E-state index is -1.32. The number of hydrogen-bond donors (Lipinski definition) is 4. The summed E-state index contributed by atoms with van der Waals surface area (Å²) in [6.07, 6.45) is -1.32. The zero-order valence-electron chi connectivity index (χ0n) is 18.6. The van der Waals surface area contributed by atoms with Crippen LogP contribution in [0.1, 0.15) is 26.3 Å². The molecule has 0 heterocycles. The largest absolute Gasteiger partial charge is 0.496 e. The van der Waals surface area contributed by atoms with Crippen molar-refractivity contribution in [3.8, 4) is 5.75 Å². The maximum Gasteiger partial charge on any atom is 0.404 e. The van der Waals surface area contributed by atoms with Gasteiger partial charge in [0.2, 0.25) is 0 Å². The summed E-state index contributed by atoms with van der Waals surface area (Å²) in [5, 5.41) is 17.0. The highest BCUT2D eigenvalue weighted by molar-refractivity contribution is 6.31. The van der Waals surface area contributed by atoms with Crippen molar-refractivity contribution in [3.05, 3.63) is 63.6 Å². The van der Waals surface area contributed by atoms with Crippen LogP contribution < -0.4 is 20.7 Å². The molecule has 0 radical (unpaired) electrons. The lowest BCUT2D eigenvalue weighted by atomic mass is 9.78. The predicted molar refractivity (Wildman–Crippen MR) is 129 cm³/mol. The molecule has 2 aromatic rings. The normalized spacial score (nSPS) is 11.8. The van der Waals surface area contributed by atoms with Gasteiger partial charge in [-0.15, -0.1) is 0 Å². The third kappa shape index (κ3) is 7.40. The molecular weight excluding hydrogens is 469 g/mol. The van der Waals surface area contributed by atoms with Crippen molar-refractivity contribution in [1.82, 2.24) is 10.6 Å². The number of urea groups is 1. The van der Waals surface area contributed by atoms with Gasteiger partial charge in [-0.1, -0.05) is 44.0 Å². The summed E-state index contributed by atoms with van der Waals surface area (Å²) >= 11 is 12.0. The van der Waals surface area contributed by atoms with Gasteiger partial charge >= 0.3 is 12.1 Å². The lowest BCUT2D eigenvalue weighted by molar-refractivity contribution is -0.116. The fourth-order valence-corrected chi connectivity index (χ4v) is 3.51. The summed E-state index contributed by atoms with van der Waals surface area (Å²) in [6, 6.07) is 10.5. The van der Waals surface area contributed by atoms with Crippen molar-refractivity contribution < 1.29 is 24.2 Å². The number of methoxy groups -OCH3 is 1. The Morgan fingerprint density at radius 2 is 1.61 bits per heavy atom. The topological polar surface area (TPSA) is 117 Å². The van der Waals surface area contributed by atoms with E-state index in [1.165, 1.54) is 7.11 Å². The molecule has 8 nitrogen and oxygen atoms in total. The van der Waals surface area contributed by atoms with Crippen LogP contribution in [0.5, 0.6) is 5.75 Å². The number of carbonyl (C=O) groups is 3. The summed E-state index contributed by atoms with van der Waals surface area (Å²) in [4.78, 5) is 36.9. The van der Waals surface area contributed by atoms with Crippen molar-refractivity contribution in [3.63, 3.8) is 0 Å². The molecule has 2 rings (SSSR count). The van der Waals surface area contributed by atoms with Gasteiger partial charge in [-0.3, -0.25) is 10.1 Å². The number of imide groups is 1. The summed E-state index contributed by atoms with van der Waals surface area (Å²) in [6.45, 7) is 5.21. The second kappa shape index (κ2) is 11.1. The third-order valence-corrected chi connectivity index (χ3v) is 4.99. The second-order valence-electron chi connectivity index (χ2n) is 8.02. The Kier molecular flexibility index (Phi) is 8.73. The first kappa shape index (κ1) is 26.0. The van der Waals surface area contributed by atoms with Crippen molar-refractivity contribution in [2.75, 3.05) is 19.0 Å². The van der Waals surface area contributed by atoms with Gasteiger partial charge in [-0.25, -0.2) is 9.59 Å². The number of rotatable bonds is 6. The first-order valence-corrected chi connectivity index (χ1v) is 10.6. The number of halogens is 2. The Morgan fingerprint density at radius 3 is 2.15 bits per heavy atom. The van der Waals surface area contributed by atoms with Gasteiger partial charge in [-0.05, 0) is 53.5 Å². The maximum atomic E-state index is 13.2. The van der Waals surface area contributed by atoms with Gasteiger partial charge < -0.3 is 20.5 Å². The molecular formula is C23H25Cl2N3O5. The van der Waals surface area contributed by atoms with E-state index in [0.29, 0.717) is 32.6 Å². The number of nitrogens with one attached hydrogen (secondary N) is 3. The zero-order valence-corrected chi connectivity index (χ0v) is 20.1. The first-order chi connectivity index (χ1) is 15.4. The van der Waals surface area contributed by atoms with Gasteiger partial charge in [0.05, 0.1) is 13.7 Å². The molecule has 0 atom stereocenters. The van der Waals surface area contributed by atoms with Crippen LogP contribution in [0.25, 0.3) is 5.57 Å². The minimum absolute atomic E-state index is 0.0386. The molecule has 0 saturated heterocycles. The monoisotopic (exact) mass is 493 g/mol. The average Bonchev–Trinajstić information content (AvgIpc) is 2.71. The van der Waals surface area contributed by atoms with E-state index in [1.807, 2.05) is 20.8 Å². The molecule has 0 saturated carbocycles. The summed E-state index contributed by atoms with van der Waals surface area (Å²) in [5.41, 5.74) is 0.779. The molecule has 10 heteroatoms. The molecule has 4 amide bonds. The van der Waals surface area contributed by atoms with Crippen LogP contribution in [0.2, 0.25) is 10.0 Å². The maximum absolute atomic E-state index is 13.2. The summed E-state index contributed by atoms with van der Waals surface area (Å²) in [5.74, 6) is -0.335. The minimum Gasteiger partial charge on any atom is -0.496 e. The number of carboxylic acid groups (broad SMARTS) is 1. The fourth-order valence-electron chi connectivity index (χ4n) is 3.22. The van der Waals surface area contributed by atoms with Gasteiger partial charge in [0.1, 0.15) is 5.75 Å². The van der Waals surface area contributed by atoms with Gasteiger partial charge in [0, 0.05) is 26.9 Å². The highest BCUT2D eigenvalue weighted by atomic mass is 35.5. The number of allylic oxidation sites excluding steroid dienone is 1. The molecule has 0 bridgehead atoms. The Balaban J connectivity index is 2.52. The number of benzene rings is 2. The van der Waals surface area contributed by atoms with E-state index in [2.05, 4.69) is 16.0 Å². The van der Waals surface area contributed by atoms with E-state index >= 15 is 0 Å². The molecule has 0 aliphatic heterocycles.